The molecule has 2 N–H and O–H groups in total. The Balaban J connectivity index is 1.98. The van der Waals surface area contributed by atoms with Crippen molar-refractivity contribution in [2.24, 2.45) is 0 Å². The molecule has 0 saturated carbocycles. The van der Waals surface area contributed by atoms with Crippen LogP contribution in [-0.4, -0.2) is 40.8 Å². The van der Waals surface area contributed by atoms with Gasteiger partial charge < -0.3 is 15.3 Å². The first-order chi connectivity index (χ1) is 9.09. The number of nitrogens with zero attached hydrogens (tertiary/aromatic N) is 3. The molecule has 1 fully saturated rings. The number of thiophene rings is 1. The summed E-state index contributed by atoms with van der Waals surface area (Å²) >= 11 is 1.63. The zero-order valence-corrected chi connectivity index (χ0v) is 12.0. The van der Waals surface area contributed by atoms with Crippen molar-refractivity contribution in [3.63, 3.8) is 0 Å². The number of rotatable bonds is 2. The molecule has 0 aliphatic carbocycles. The Hall–Kier alpha value is -1.40. The Bertz CT molecular complexity index is 585. The van der Waals surface area contributed by atoms with Crippen molar-refractivity contribution >= 4 is 33.3 Å². The third-order valence-electron chi connectivity index (χ3n) is 3.67. The molecule has 0 atom stereocenters. The van der Waals surface area contributed by atoms with Gasteiger partial charge in [0.25, 0.3) is 0 Å². The highest BCUT2D eigenvalue weighted by Gasteiger charge is 2.29. The van der Waals surface area contributed by atoms with Crippen molar-refractivity contribution in [3.05, 3.63) is 11.4 Å². The number of nitrogens with one attached hydrogen (secondary N) is 1. The fourth-order valence-corrected chi connectivity index (χ4v) is 3.15. The molecule has 1 saturated heterocycles. The van der Waals surface area contributed by atoms with Crippen LogP contribution >= 0.6 is 11.3 Å². The number of hydrogen-bond donors (Lipinski definition) is 2. The van der Waals surface area contributed by atoms with Crippen molar-refractivity contribution in [2.75, 3.05) is 30.4 Å². The quantitative estimate of drug-likeness (QED) is 0.880. The molecule has 1 aliphatic heterocycles. The Morgan fingerprint density at radius 3 is 2.79 bits per heavy atom. The molecule has 19 heavy (non-hydrogen) atoms. The lowest BCUT2D eigenvalue weighted by molar-refractivity contribution is 0.0350. The van der Waals surface area contributed by atoms with Gasteiger partial charge in [0.1, 0.15) is 10.6 Å². The second-order valence-electron chi connectivity index (χ2n) is 5.24. The maximum Gasteiger partial charge on any atom is 0.225 e. The summed E-state index contributed by atoms with van der Waals surface area (Å²) in [5.41, 5.74) is -0.539. The van der Waals surface area contributed by atoms with E-state index in [1.165, 1.54) is 0 Å². The van der Waals surface area contributed by atoms with Crippen LogP contribution in [0.15, 0.2) is 11.4 Å². The van der Waals surface area contributed by atoms with Crippen molar-refractivity contribution in [3.8, 4) is 0 Å². The summed E-state index contributed by atoms with van der Waals surface area (Å²) in [6.45, 7) is 3.57. The van der Waals surface area contributed by atoms with E-state index in [1.54, 1.807) is 11.3 Å². The average molecular weight is 278 g/mol. The average Bonchev–Trinajstić information content (AvgIpc) is 2.86. The van der Waals surface area contributed by atoms with Gasteiger partial charge in [0, 0.05) is 20.1 Å². The lowest BCUT2D eigenvalue weighted by Gasteiger charge is -2.36. The van der Waals surface area contributed by atoms with E-state index in [-0.39, 0.29) is 0 Å². The minimum atomic E-state index is -0.539. The first kappa shape index (κ1) is 12.6. The number of aliphatic hydroxyl groups is 1. The summed E-state index contributed by atoms with van der Waals surface area (Å²) in [6.07, 6.45) is 1.55. The molecule has 0 spiro atoms. The van der Waals surface area contributed by atoms with Gasteiger partial charge in [-0.3, -0.25) is 0 Å². The molecule has 2 aromatic rings. The zero-order chi connectivity index (χ0) is 13.5. The van der Waals surface area contributed by atoms with Crippen molar-refractivity contribution in [2.45, 2.75) is 25.4 Å². The number of piperidine rings is 1. The highest BCUT2D eigenvalue weighted by atomic mass is 32.1. The van der Waals surface area contributed by atoms with Crippen LogP contribution in [0.4, 0.5) is 11.8 Å². The van der Waals surface area contributed by atoms with E-state index >= 15 is 0 Å². The number of hydrogen-bond acceptors (Lipinski definition) is 6. The normalized spacial score (nSPS) is 18.8. The van der Waals surface area contributed by atoms with Gasteiger partial charge in [-0.1, -0.05) is 0 Å². The Morgan fingerprint density at radius 1 is 1.37 bits per heavy atom. The molecule has 102 valence electrons. The minimum absolute atomic E-state index is 0.539. The van der Waals surface area contributed by atoms with Crippen LogP contribution in [0, 0.1) is 0 Å². The third kappa shape index (κ3) is 2.37. The summed E-state index contributed by atoms with van der Waals surface area (Å²) in [5, 5.41) is 16.2. The molecule has 2 aromatic heterocycles. The fourth-order valence-electron chi connectivity index (χ4n) is 2.39. The van der Waals surface area contributed by atoms with Crippen LogP contribution < -0.4 is 10.2 Å². The molecule has 5 nitrogen and oxygen atoms in total. The van der Waals surface area contributed by atoms with E-state index < -0.39 is 5.60 Å². The molecule has 3 heterocycles. The lowest BCUT2D eigenvalue weighted by atomic mass is 9.94. The first-order valence-corrected chi connectivity index (χ1v) is 7.37. The van der Waals surface area contributed by atoms with Crippen LogP contribution in [0.3, 0.4) is 0 Å². The molecule has 6 heteroatoms. The van der Waals surface area contributed by atoms with E-state index in [2.05, 4.69) is 26.3 Å². The molecule has 0 amide bonds. The van der Waals surface area contributed by atoms with Gasteiger partial charge in [-0.05, 0) is 31.2 Å². The predicted octanol–water partition coefficient (Wildman–Crippen LogP) is 2.08. The largest absolute Gasteiger partial charge is 0.390 e. The zero-order valence-electron chi connectivity index (χ0n) is 11.2. The SMILES string of the molecule is CNc1nc(N2CCC(C)(O)CC2)c2ccsc2n1. The fraction of sp³-hybridized carbons (Fsp3) is 0.538. The Morgan fingerprint density at radius 2 is 2.11 bits per heavy atom. The molecule has 1 aliphatic rings. The van der Waals surface area contributed by atoms with Crippen molar-refractivity contribution < 1.29 is 5.11 Å². The molecular formula is C13H18N4OS. The summed E-state index contributed by atoms with van der Waals surface area (Å²) in [6, 6.07) is 2.07. The maximum atomic E-state index is 10.0. The van der Waals surface area contributed by atoms with Crippen molar-refractivity contribution in [1.82, 2.24) is 9.97 Å². The highest BCUT2D eigenvalue weighted by Crippen LogP contribution is 2.32. The first-order valence-electron chi connectivity index (χ1n) is 6.49. The van der Waals surface area contributed by atoms with Crippen LogP contribution in [0.5, 0.6) is 0 Å². The van der Waals surface area contributed by atoms with E-state index in [0.29, 0.717) is 5.95 Å². The summed E-state index contributed by atoms with van der Waals surface area (Å²) in [7, 11) is 1.83. The standard InChI is InChI=1S/C13H18N4OS/c1-13(18)4-6-17(7-5-13)10-9-3-8-19-11(9)16-12(14-2)15-10/h3,8,18H,4-7H2,1-2H3,(H,14,15,16). The number of anilines is 2. The molecule has 0 radical (unpaired) electrons. The monoisotopic (exact) mass is 278 g/mol. The van der Waals surface area contributed by atoms with Gasteiger partial charge in [0.2, 0.25) is 5.95 Å². The number of aromatic nitrogens is 2. The van der Waals surface area contributed by atoms with E-state index in [4.69, 9.17) is 0 Å². The number of fused-ring (bicyclic) bond motifs is 1. The van der Waals surface area contributed by atoms with E-state index in [1.807, 2.05) is 19.4 Å². The summed E-state index contributed by atoms with van der Waals surface area (Å²) < 4.78 is 0. The van der Waals surface area contributed by atoms with Crippen LogP contribution in [0.25, 0.3) is 10.2 Å². The summed E-state index contributed by atoms with van der Waals surface area (Å²) in [5.74, 6) is 1.63. The molecule has 0 bridgehead atoms. The van der Waals surface area contributed by atoms with Crippen LogP contribution in [-0.2, 0) is 0 Å². The van der Waals surface area contributed by atoms with Gasteiger partial charge >= 0.3 is 0 Å². The van der Waals surface area contributed by atoms with Gasteiger partial charge in [0.15, 0.2) is 0 Å². The predicted molar refractivity (Wildman–Crippen MR) is 79.0 cm³/mol. The van der Waals surface area contributed by atoms with Gasteiger partial charge in [-0.2, -0.15) is 4.98 Å². The van der Waals surface area contributed by atoms with E-state index in [9.17, 15) is 5.11 Å². The second kappa shape index (κ2) is 4.61. The third-order valence-corrected chi connectivity index (χ3v) is 4.48. The van der Waals surface area contributed by atoms with Crippen LogP contribution in [0.1, 0.15) is 19.8 Å². The van der Waals surface area contributed by atoms with Gasteiger partial charge in [-0.25, -0.2) is 4.98 Å². The minimum Gasteiger partial charge on any atom is -0.390 e. The van der Waals surface area contributed by atoms with E-state index in [0.717, 1.165) is 42.0 Å². The Labute approximate surface area is 116 Å². The van der Waals surface area contributed by atoms with Gasteiger partial charge in [0.05, 0.1) is 11.0 Å². The van der Waals surface area contributed by atoms with Gasteiger partial charge in [-0.15, -0.1) is 11.3 Å². The second-order valence-corrected chi connectivity index (χ2v) is 6.14. The smallest absolute Gasteiger partial charge is 0.225 e. The molecule has 3 rings (SSSR count). The highest BCUT2D eigenvalue weighted by molar-refractivity contribution is 7.16. The van der Waals surface area contributed by atoms with Crippen molar-refractivity contribution in [1.29, 1.82) is 0 Å². The molecule has 0 aromatic carbocycles. The van der Waals surface area contributed by atoms with Crippen LogP contribution in [0.2, 0.25) is 0 Å². The lowest BCUT2D eigenvalue weighted by Crippen LogP contribution is -2.42. The maximum absolute atomic E-state index is 10.0. The summed E-state index contributed by atoms with van der Waals surface area (Å²) in [4.78, 5) is 12.3. The molecule has 0 unspecified atom stereocenters. The topological polar surface area (TPSA) is 61.3 Å². The Kier molecular flexibility index (Phi) is 3.06. The molecular weight excluding hydrogens is 260 g/mol.